The Bertz CT molecular complexity index is 1110. The third-order valence-corrected chi connectivity index (χ3v) is 5.34. The zero-order chi connectivity index (χ0) is 32.2. The quantitative estimate of drug-likeness (QED) is 0.0190. The van der Waals surface area contributed by atoms with Crippen molar-refractivity contribution in [2.45, 2.75) is 70.2 Å². The molecule has 0 saturated heterocycles. The summed E-state index contributed by atoms with van der Waals surface area (Å²) in [6.07, 6.45) is 0.187. The number of rotatable bonds is 19. The number of nitrogens with zero attached hydrogens (tertiary/aromatic N) is 7. The second-order valence-electron chi connectivity index (χ2n) is 8.84. The Hall–Kier alpha value is -5.29. The molecule has 0 aliphatic rings. The molecule has 0 aliphatic heterocycles. The molecule has 0 aromatic heterocycles. The molecule has 6 amide bonds. The third-order valence-electron chi connectivity index (χ3n) is 5.34. The number of carbonyl (C=O) groups is 6. The second kappa shape index (κ2) is 19.7. The largest absolute Gasteiger partial charge is 0.370 e. The monoisotopic (exact) mass is 595 g/mol. The zero-order valence-electron chi connectivity index (χ0n) is 23.4. The number of aliphatic imine (C=N–C) groups is 1. The molecule has 0 aliphatic carbocycles. The molecule has 42 heavy (non-hydrogen) atoms. The van der Waals surface area contributed by atoms with Crippen LogP contribution in [-0.4, -0.2) is 91.2 Å². The van der Waals surface area contributed by atoms with Crippen molar-refractivity contribution in [3.63, 3.8) is 0 Å². The molecule has 11 N–H and O–H groups in total. The first kappa shape index (κ1) is 36.7. The van der Waals surface area contributed by atoms with Gasteiger partial charge in [0.25, 0.3) is 0 Å². The van der Waals surface area contributed by atoms with Gasteiger partial charge in [0.05, 0.1) is 6.54 Å². The molecule has 0 aromatic carbocycles. The van der Waals surface area contributed by atoms with Crippen LogP contribution in [0.4, 0.5) is 0 Å². The van der Waals surface area contributed by atoms with Gasteiger partial charge in [-0.15, -0.1) is 0 Å². The molecule has 21 heteroatoms. The van der Waals surface area contributed by atoms with E-state index in [0.717, 1.165) is 6.92 Å². The lowest BCUT2D eigenvalue weighted by Gasteiger charge is -2.24. The van der Waals surface area contributed by atoms with Gasteiger partial charge in [-0.05, 0) is 44.2 Å². The number of hydrogen-bond acceptors (Lipinski definition) is 9. The van der Waals surface area contributed by atoms with Crippen LogP contribution in [-0.2, 0) is 28.8 Å². The molecule has 0 radical (unpaired) electrons. The van der Waals surface area contributed by atoms with E-state index in [1.54, 1.807) is 0 Å². The van der Waals surface area contributed by atoms with E-state index in [0.29, 0.717) is 0 Å². The molecule has 0 rings (SSSR count). The van der Waals surface area contributed by atoms with Crippen LogP contribution in [0.25, 0.3) is 20.9 Å². The van der Waals surface area contributed by atoms with Crippen molar-refractivity contribution in [3.05, 3.63) is 20.9 Å². The molecule has 21 nitrogen and oxygen atoms in total. The first-order valence-corrected chi connectivity index (χ1v) is 12.6. The second-order valence-corrected chi connectivity index (χ2v) is 8.84. The molecule has 232 valence electrons. The van der Waals surface area contributed by atoms with Crippen LogP contribution in [0.2, 0.25) is 0 Å². The Morgan fingerprint density at radius 1 is 0.690 bits per heavy atom. The fourth-order valence-corrected chi connectivity index (χ4v) is 3.20. The lowest BCUT2D eigenvalue weighted by Crippen LogP contribution is -2.58. The number of azide groups is 2. The maximum Gasteiger partial charge on any atom is 0.243 e. The summed E-state index contributed by atoms with van der Waals surface area (Å²) in [5.74, 6) is -4.80. The smallest absolute Gasteiger partial charge is 0.243 e. The van der Waals surface area contributed by atoms with Gasteiger partial charge < -0.3 is 43.8 Å². The van der Waals surface area contributed by atoms with E-state index in [9.17, 15) is 28.8 Å². The number of primary amides is 1. The number of carbonyl (C=O) groups excluding carboxylic acids is 6. The van der Waals surface area contributed by atoms with Crippen molar-refractivity contribution in [1.29, 1.82) is 0 Å². The van der Waals surface area contributed by atoms with Crippen molar-refractivity contribution >= 4 is 41.4 Å². The molecular formula is C21H37N15O6. The summed E-state index contributed by atoms with van der Waals surface area (Å²) in [6, 6.07) is -6.02. The number of amides is 6. The minimum Gasteiger partial charge on any atom is -0.370 e. The number of hydrogen-bond donors (Lipinski definition) is 8. The van der Waals surface area contributed by atoms with Gasteiger partial charge in [-0.1, -0.05) is 10.2 Å². The maximum absolute atomic E-state index is 13.0. The summed E-state index contributed by atoms with van der Waals surface area (Å²) >= 11 is 0. The lowest BCUT2D eigenvalue weighted by molar-refractivity contribution is -0.134. The topological polar surface area (TPSA) is 351 Å². The van der Waals surface area contributed by atoms with Crippen LogP contribution < -0.4 is 43.8 Å². The molecule has 0 bridgehead atoms. The first-order chi connectivity index (χ1) is 19.7. The summed E-state index contributed by atoms with van der Waals surface area (Å²) in [7, 11) is 0. The van der Waals surface area contributed by atoms with E-state index >= 15 is 0 Å². The minimum atomic E-state index is -1.25. The summed E-state index contributed by atoms with van der Waals surface area (Å²) in [5, 5.41) is 18.4. The van der Waals surface area contributed by atoms with Gasteiger partial charge in [0.2, 0.25) is 35.4 Å². The average Bonchev–Trinajstić information content (AvgIpc) is 2.91. The highest BCUT2D eigenvalue weighted by Crippen LogP contribution is 2.02. The van der Waals surface area contributed by atoms with E-state index in [1.807, 2.05) is 0 Å². The summed E-state index contributed by atoms with van der Waals surface area (Å²) in [6.45, 7) is 3.39. The molecule has 0 saturated carbocycles. The fourth-order valence-electron chi connectivity index (χ4n) is 3.20. The van der Waals surface area contributed by atoms with Crippen LogP contribution in [0, 0.1) is 0 Å². The van der Waals surface area contributed by atoms with Gasteiger partial charge in [-0.3, -0.25) is 33.8 Å². The third kappa shape index (κ3) is 15.3. The highest BCUT2D eigenvalue weighted by molar-refractivity contribution is 5.96. The van der Waals surface area contributed by atoms with Gasteiger partial charge in [0, 0.05) is 29.8 Å². The van der Waals surface area contributed by atoms with Crippen molar-refractivity contribution in [2.24, 2.45) is 32.4 Å². The average molecular weight is 596 g/mol. The van der Waals surface area contributed by atoms with Gasteiger partial charge in [0.15, 0.2) is 5.96 Å². The highest BCUT2D eigenvalue weighted by atomic mass is 16.2. The van der Waals surface area contributed by atoms with Gasteiger partial charge in [0.1, 0.15) is 30.2 Å². The Labute approximate surface area is 240 Å². The van der Waals surface area contributed by atoms with E-state index in [4.69, 9.17) is 28.3 Å². The summed E-state index contributed by atoms with van der Waals surface area (Å²) in [4.78, 5) is 82.9. The number of nitrogens with two attached hydrogens (primary N) is 3. The van der Waals surface area contributed by atoms with Gasteiger partial charge in [-0.25, -0.2) is 0 Å². The maximum atomic E-state index is 13.0. The highest BCUT2D eigenvalue weighted by Gasteiger charge is 2.29. The molecule has 0 heterocycles. The van der Waals surface area contributed by atoms with Crippen LogP contribution in [0.3, 0.4) is 0 Å². The molecule has 0 unspecified atom stereocenters. The summed E-state index contributed by atoms with van der Waals surface area (Å²) in [5.41, 5.74) is 32.8. The molecular weight excluding hydrogens is 558 g/mol. The minimum absolute atomic E-state index is 0.0187. The SMILES string of the molecule is CC(=O)N[C@@H](CN=[N+]=[N-])C(=O)N[C@@H](C)C(=O)N[C@@H](CCCN=C(N)N)C(=O)N[C@@H](C)C(=O)N[C@@H](CCN=[N+]=[N-])C(N)=O. The number of guanidine groups is 1. The molecule has 0 spiro atoms. The normalized spacial score (nSPS) is 13.6. The molecule has 5 atom stereocenters. The molecule has 0 fully saturated rings. The van der Waals surface area contributed by atoms with Crippen LogP contribution in [0.5, 0.6) is 0 Å². The van der Waals surface area contributed by atoms with Crippen molar-refractivity contribution in [3.8, 4) is 0 Å². The first-order valence-electron chi connectivity index (χ1n) is 12.6. The van der Waals surface area contributed by atoms with Crippen LogP contribution >= 0.6 is 0 Å². The van der Waals surface area contributed by atoms with Crippen molar-refractivity contribution in [2.75, 3.05) is 19.6 Å². The van der Waals surface area contributed by atoms with E-state index in [-0.39, 0.29) is 38.3 Å². The number of nitrogens with one attached hydrogen (secondary N) is 5. The van der Waals surface area contributed by atoms with E-state index in [2.05, 4.69) is 51.6 Å². The van der Waals surface area contributed by atoms with Gasteiger partial charge >= 0.3 is 0 Å². The Balaban J connectivity index is 5.52. The molecule has 0 aromatic rings. The Kier molecular flexibility index (Phi) is 17.2. The van der Waals surface area contributed by atoms with Crippen LogP contribution in [0.1, 0.15) is 40.0 Å². The van der Waals surface area contributed by atoms with E-state index < -0.39 is 72.2 Å². The fraction of sp³-hybridized carbons (Fsp3) is 0.667. The van der Waals surface area contributed by atoms with E-state index in [1.165, 1.54) is 13.8 Å². The van der Waals surface area contributed by atoms with Gasteiger partial charge in [-0.2, -0.15) is 0 Å². The Morgan fingerprint density at radius 3 is 1.69 bits per heavy atom. The predicted octanol–water partition coefficient (Wildman–Crippen LogP) is -2.98. The lowest BCUT2D eigenvalue weighted by atomic mass is 10.1. The summed E-state index contributed by atoms with van der Waals surface area (Å²) < 4.78 is 0. The zero-order valence-corrected chi connectivity index (χ0v) is 23.4. The predicted molar refractivity (Wildman–Crippen MR) is 148 cm³/mol. The van der Waals surface area contributed by atoms with Crippen LogP contribution in [0.15, 0.2) is 15.2 Å². The Morgan fingerprint density at radius 2 is 1.21 bits per heavy atom. The van der Waals surface area contributed by atoms with Crippen molar-refractivity contribution < 1.29 is 28.8 Å². The standard InChI is InChI=1S/C21H37N15O6/c1-10(17(39)33-13(16(22)38)6-8-28-35-25)30-19(41)14(5-4-7-27-21(23)24)34-18(40)11(2)31-20(42)15(9-29-36-26)32-12(3)37/h10-11,13-15H,4-9H2,1-3H3,(H2,22,38)(H,30,41)(H,31,42)(H,32,37)(H,33,39)(H,34,40)(H4,23,24,27)/t10-,11-,13-,14-,15-/m0/s1. The van der Waals surface area contributed by atoms with Crippen molar-refractivity contribution in [1.82, 2.24) is 26.6 Å².